The number of rotatable bonds is 0. The van der Waals surface area contributed by atoms with E-state index in [2.05, 4.69) is 9.97 Å². The molecule has 86 valence electrons. The first-order valence-corrected chi connectivity index (χ1v) is 5.03. The second kappa shape index (κ2) is 3.36. The first kappa shape index (κ1) is 10.4. The van der Waals surface area contributed by atoms with Crippen molar-refractivity contribution in [3.8, 4) is 0 Å². The maximum absolute atomic E-state index is 11.6. The third-order valence-electron chi connectivity index (χ3n) is 2.61. The van der Waals surface area contributed by atoms with Crippen molar-refractivity contribution in [2.45, 2.75) is 0 Å². The molecule has 3 rings (SSSR count). The standard InChI is InChI=1S/C12H4N2O4/c15-6-3-4-7(16)11-10(6)13-5-1-2-8(17)12(18)9(5)14-11/h1-4H. The zero-order valence-electron chi connectivity index (χ0n) is 8.84. The number of fused-ring (bicyclic) bond motifs is 2. The van der Waals surface area contributed by atoms with Gasteiger partial charge in [0.15, 0.2) is 0 Å². The van der Waals surface area contributed by atoms with Crippen LogP contribution in [0, 0.1) is 0 Å². The number of aromatic nitrogens is 2. The summed E-state index contributed by atoms with van der Waals surface area (Å²) in [6, 6.07) is 4.54. The van der Waals surface area contributed by atoms with Crippen LogP contribution < -0.4 is 21.7 Å². The molecule has 0 aliphatic carbocycles. The van der Waals surface area contributed by atoms with Crippen molar-refractivity contribution >= 4 is 22.1 Å². The molecule has 0 saturated heterocycles. The summed E-state index contributed by atoms with van der Waals surface area (Å²) in [5.74, 6) is 0. The fourth-order valence-electron chi connectivity index (χ4n) is 1.73. The topological polar surface area (TPSA) is 94.1 Å². The molecule has 0 unspecified atom stereocenters. The van der Waals surface area contributed by atoms with Crippen LogP contribution >= 0.6 is 0 Å². The molecule has 0 bridgehead atoms. The molecule has 0 radical (unpaired) electrons. The highest BCUT2D eigenvalue weighted by Crippen LogP contribution is 2.06. The van der Waals surface area contributed by atoms with Gasteiger partial charge >= 0.3 is 0 Å². The van der Waals surface area contributed by atoms with E-state index >= 15 is 0 Å². The maximum Gasteiger partial charge on any atom is 0.253 e. The van der Waals surface area contributed by atoms with Gasteiger partial charge in [0.05, 0.1) is 5.52 Å². The Kier molecular flexibility index (Phi) is 1.94. The van der Waals surface area contributed by atoms with E-state index in [1.54, 1.807) is 0 Å². The molecule has 3 aromatic rings. The number of hydrogen-bond acceptors (Lipinski definition) is 6. The van der Waals surface area contributed by atoms with Gasteiger partial charge in [0.1, 0.15) is 16.6 Å². The van der Waals surface area contributed by atoms with Crippen molar-refractivity contribution in [2.24, 2.45) is 0 Å². The first-order chi connectivity index (χ1) is 8.58. The summed E-state index contributed by atoms with van der Waals surface area (Å²) in [7, 11) is 0. The Morgan fingerprint density at radius 2 is 1.17 bits per heavy atom. The third kappa shape index (κ3) is 1.29. The Morgan fingerprint density at radius 3 is 1.83 bits per heavy atom. The summed E-state index contributed by atoms with van der Waals surface area (Å²) in [5, 5.41) is 0. The summed E-state index contributed by atoms with van der Waals surface area (Å²) in [6.45, 7) is 0. The van der Waals surface area contributed by atoms with Crippen LogP contribution in [0.5, 0.6) is 0 Å². The van der Waals surface area contributed by atoms with Gasteiger partial charge in [-0.3, -0.25) is 19.2 Å². The Bertz CT molecular complexity index is 1000. The molecule has 0 aliphatic rings. The van der Waals surface area contributed by atoms with E-state index in [4.69, 9.17) is 0 Å². The van der Waals surface area contributed by atoms with E-state index in [0.29, 0.717) is 0 Å². The van der Waals surface area contributed by atoms with Gasteiger partial charge in [-0.1, -0.05) is 0 Å². The number of nitrogens with zero attached hydrogens (tertiary/aromatic N) is 2. The SMILES string of the molecule is O=c1ccc2nc3c(=O)ccc(=O)c3nc2c1=O. The van der Waals surface area contributed by atoms with Crippen LogP contribution in [0.25, 0.3) is 22.1 Å². The molecule has 0 fully saturated rings. The Labute approximate surface area is 97.9 Å². The average Bonchev–Trinajstić information content (AvgIpc) is 2.37. The number of hydrogen-bond donors (Lipinski definition) is 0. The molecule has 1 aromatic heterocycles. The molecule has 0 atom stereocenters. The van der Waals surface area contributed by atoms with Gasteiger partial charge in [0, 0.05) is 0 Å². The van der Waals surface area contributed by atoms with Crippen LogP contribution in [-0.4, -0.2) is 9.97 Å². The van der Waals surface area contributed by atoms with E-state index in [1.807, 2.05) is 0 Å². The van der Waals surface area contributed by atoms with Crippen LogP contribution in [0.15, 0.2) is 43.4 Å². The van der Waals surface area contributed by atoms with Crippen molar-refractivity contribution in [3.63, 3.8) is 0 Å². The first-order valence-electron chi connectivity index (χ1n) is 5.03. The zero-order valence-corrected chi connectivity index (χ0v) is 8.84. The highest BCUT2D eigenvalue weighted by Gasteiger charge is 2.10. The minimum atomic E-state index is -0.822. The van der Waals surface area contributed by atoms with Gasteiger partial charge in [-0.15, -0.1) is 0 Å². The average molecular weight is 240 g/mol. The molecular weight excluding hydrogens is 236 g/mol. The molecule has 1 heterocycles. The van der Waals surface area contributed by atoms with E-state index < -0.39 is 21.7 Å². The summed E-state index contributed by atoms with van der Waals surface area (Å²) in [6.07, 6.45) is 0. The lowest BCUT2D eigenvalue weighted by Gasteiger charge is -1.97. The summed E-state index contributed by atoms with van der Waals surface area (Å²) in [5.41, 5.74) is -2.81. The second-order valence-corrected chi connectivity index (χ2v) is 3.74. The van der Waals surface area contributed by atoms with Gasteiger partial charge in [0.25, 0.3) is 5.43 Å². The molecule has 2 aromatic carbocycles. The van der Waals surface area contributed by atoms with Crippen LogP contribution in [-0.2, 0) is 0 Å². The molecule has 0 amide bonds. The quantitative estimate of drug-likeness (QED) is 0.373. The molecule has 6 heteroatoms. The lowest BCUT2D eigenvalue weighted by molar-refractivity contribution is 1.33. The van der Waals surface area contributed by atoms with E-state index in [9.17, 15) is 19.2 Å². The number of benzene rings is 2. The molecular formula is C12H4N2O4. The molecule has 0 aliphatic heterocycles. The Balaban J connectivity index is 2.73. The van der Waals surface area contributed by atoms with E-state index in [-0.39, 0.29) is 22.1 Å². The predicted molar refractivity (Wildman–Crippen MR) is 64.5 cm³/mol. The van der Waals surface area contributed by atoms with Gasteiger partial charge in [0.2, 0.25) is 16.3 Å². The highest BCUT2D eigenvalue weighted by atomic mass is 16.2. The van der Waals surface area contributed by atoms with Crippen molar-refractivity contribution in [1.29, 1.82) is 0 Å². The van der Waals surface area contributed by atoms with Crippen LogP contribution in [0.3, 0.4) is 0 Å². The fourth-order valence-corrected chi connectivity index (χ4v) is 1.73. The normalized spacial score (nSPS) is 11.1. The van der Waals surface area contributed by atoms with E-state index in [0.717, 1.165) is 18.2 Å². The van der Waals surface area contributed by atoms with E-state index in [1.165, 1.54) is 6.07 Å². The Morgan fingerprint density at radius 1 is 0.611 bits per heavy atom. The summed E-state index contributed by atoms with van der Waals surface area (Å²) in [4.78, 5) is 53.6. The summed E-state index contributed by atoms with van der Waals surface area (Å²) < 4.78 is 0. The van der Waals surface area contributed by atoms with Crippen LogP contribution in [0.2, 0.25) is 0 Å². The lowest BCUT2D eigenvalue weighted by Crippen LogP contribution is -2.24. The fraction of sp³-hybridized carbons (Fsp3) is 0. The van der Waals surface area contributed by atoms with Crippen molar-refractivity contribution in [2.75, 3.05) is 0 Å². The largest absolute Gasteiger partial charge is 0.287 e. The third-order valence-corrected chi connectivity index (χ3v) is 2.61. The minimum absolute atomic E-state index is 0.0898. The highest BCUT2D eigenvalue weighted by molar-refractivity contribution is 5.85. The Hall–Kier alpha value is -2.76. The van der Waals surface area contributed by atoms with Gasteiger partial charge < -0.3 is 0 Å². The summed E-state index contributed by atoms with van der Waals surface area (Å²) >= 11 is 0. The molecule has 0 saturated carbocycles. The molecule has 6 nitrogen and oxygen atoms in total. The molecule has 0 spiro atoms. The van der Waals surface area contributed by atoms with Crippen molar-refractivity contribution in [1.82, 2.24) is 9.97 Å². The van der Waals surface area contributed by atoms with Gasteiger partial charge in [-0.25, -0.2) is 9.97 Å². The minimum Gasteiger partial charge on any atom is -0.287 e. The molecule has 18 heavy (non-hydrogen) atoms. The lowest BCUT2D eigenvalue weighted by atomic mass is 10.2. The zero-order chi connectivity index (χ0) is 12.9. The smallest absolute Gasteiger partial charge is 0.253 e. The monoisotopic (exact) mass is 240 g/mol. The van der Waals surface area contributed by atoms with Gasteiger partial charge in [-0.2, -0.15) is 0 Å². The second-order valence-electron chi connectivity index (χ2n) is 3.74. The molecule has 0 N–H and O–H groups in total. The predicted octanol–water partition coefficient (Wildman–Crippen LogP) is -0.901. The van der Waals surface area contributed by atoms with Crippen molar-refractivity contribution < 1.29 is 0 Å². The van der Waals surface area contributed by atoms with Crippen LogP contribution in [0.4, 0.5) is 0 Å². The van der Waals surface area contributed by atoms with Crippen molar-refractivity contribution in [3.05, 3.63) is 65.2 Å². The van der Waals surface area contributed by atoms with Gasteiger partial charge in [-0.05, 0) is 24.3 Å². The van der Waals surface area contributed by atoms with Crippen LogP contribution in [0.1, 0.15) is 0 Å². The maximum atomic E-state index is 11.6.